The lowest BCUT2D eigenvalue weighted by molar-refractivity contribution is -0.140. The zero-order valence-electron chi connectivity index (χ0n) is 16.0. The van der Waals surface area contributed by atoms with E-state index in [2.05, 4.69) is 4.74 Å². The van der Waals surface area contributed by atoms with E-state index in [0.29, 0.717) is 17.1 Å². The highest BCUT2D eigenvalue weighted by atomic mass is 35.5. The third kappa shape index (κ3) is 5.38. The molecule has 2 rings (SSSR count). The highest BCUT2D eigenvalue weighted by Gasteiger charge is 2.28. The maximum Gasteiger partial charge on any atom is 0.321 e. The van der Waals surface area contributed by atoms with Crippen LogP contribution in [0.4, 0.5) is 0 Å². The van der Waals surface area contributed by atoms with E-state index in [1.54, 1.807) is 18.2 Å². The molecule has 0 heterocycles. The molecule has 0 aliphatic rings. The van der Waals surface area contributed by atoms with E-state index in [4.69, 9.17) is 26.3 Å². The monoisotopic (exact) mass is 438 g/mol. The fourth-order valence-electron chi connectivity index (χ4n) is 2.50. The van der Waals surface area contributed by atoms with Gasteiger partial charge in [0.2, 0.25) is 10.0 Å². The Kier molecular flexibility index (Phi) is 7.45. The lowest BCUT2D eigenvalue weighted by Gasteiger charge is -2.22. The van der Waals surface area contributed by atoms with Gasteiger partial charge in [0.15, 0.2) is 0 Å². The Hall–Kier alpha value is -2.80. The number of nitriles is 1. The molecule has 154 valence electrons. The molecule has 0 saturated heterocycles. The van der Waals surface area contributed by atoms with Crippen molar-refractivity contribution < 1.29 is 27.4 Å². The average molecular weight is 439 g/mol. The van der Waals surface area contributed by atoms with Gasteiger partial charge in [0.1, 0.15) is 24.1 Å². The van der Waals surface area contributed by atoms with Crippen molar-refractivity contribution in [2.45, 2.75) is 11.4 Å². The third-order valence-corrected chi connectivity index (χ3v) is 6.12. The Labute approximate surface area is 174 Å². The van der Waals surface area contributed by atoms with Crippen molar-refractivity contribution in [2.75, 3.05) is 27.9 Å². The number of ether oxygens (including phenoxy) is 3. The SMILES string of the molecule is COC(=O)CN(Cc1cc(OC)cc(OC)c1)S(=O)(=O)c1ccc(Cl)c(C#N)c1. The molecule has 0 spiro atoms. The molecule has 0 radical (unpaired) electrons. The highest BCUT2D eigenvalue weighted by molar-refractivity contribution is 7.89. The summed E-state index contributed by atoms with van der Waals surface area (Å²) >= 11 is 5.90. The number of esters is 1. The second-order valence-corrected chi connectivity index (χ2v) is 8.17. The molecule has 0 atom stereocenters. The van der Waals surface area contributed by atoms with Gasteiger partial charge in [-0.15, -0.1) is 0 Å². The lowest BCUT2D eigenvalue weighted by Crippen LogP contribution is -2.35. The van der Waals surface area contributed by atoms with Crippen molar-refractivity contribution in [2.24, 2.45) is 0 Å². The van der Waals surface area contributed by atoms with Crippen LogP contribution in [0.2, 0.25) is 5.02 Å². The number of benzene rings is 2. The minimum absolute atomic E-state index is 0.00816. The van der Waals surface area contributed by atoms with Gasteiger partial charge < -0.3 is 14.2 Å². The van der Waals surface area contributed by atoms with E-state index in [1.165, 1.54) is 26.4 Å². The highest BCUT2D eigenvalue weighted by Crippen LogP contribution is 2.27. The van der Waals surface area contributed by atoms with E-state index < -0.39 is 22.5 Å². The smallest absolute Gasteiger partial charge is 0.321 e. The number of carbonyl (C=O) groups excluding carboxylic acids is 1. The predicted octanol–water partition coefficient (Wildman–Crippen LogP) is 2.59. The Balaban J connectivity index is 2.50. The predicted molar refractivity (Wildman–Crippen MR) is 105 cm³/mol. The molecule has 10 heteroatoms. The van der Waals surface area contributed by atoms with Crippen molar-refractivity contribution in [1.82, 2.24) is 4.31 Å². The number of hydrogen-bond acceptors (Lipinski definition) is 7. The number of rotatable bonds is 8. The zero-order chi connectivity index (χ0) is 21.6. The van der Waals surface area contributed by atoms with E-state index in [9.17, 15) is 13.2 Å². The second-order valence-electron chi connectivity index (χ2n) is 5.82. The van der Waals surface area contributed by atoms with Crippen molar-refractivity contribution in [3.05, 3.63) is 52.5 Å². The zero-order valence-corrected chi connectivity index (χ0v) is 17.6. The molecular formula is C19H19ClN2O6S. The van der Waals surface area contributed by atoms with Crippen LogP contribution < -0.4 is 9.47 Å². The number of sulfonamides is 1. The summed E-state index contributed by atoms with van der Waals surface area (Å²) in [6, 6.07) is 10.5. The standard InChI is InChI=1S/C19H19ClN2O6S/c1-26-15-6-13(7-16(9-15)27-2)11-22(12-19(23)28-3)29(24,25)17-4-5-18(20)14(8-17)10-21/h4-9H,11-12H2,1-3H3. The van der Waals surface area contributed by atoms with Crippen LogP contribution in [0.1, 0.15) is 11.1 Å². The van der Waals surface area contributed by atoms with Crippen molar-refractivity contribution >= 4 is 27.6 Å². The van der Waals surface area contributed by atoms with Crippen molar-refractivity contribution in [1.29, 1.82) is 5.26 Å². The minimum Gasteiger partial charge on any atom is -0.497 e. The lowest BCUT2D eigenvalue weighted by atomic mass is 10.2. The van der Waals surface area contributed by atoms with Crippen LogP contribution in [-0.4, -0.2) is 46.6 Å². The van der Waals surface area contributed by atoms with E-state index in [0.717, 1.165) is 17.5 Å². The van der Waals surface area contributed by atoms with Gasteiger partial charge in [0.05, 0.1) is 36.8 Å². The molecule has 0 bridgehead atoms. The summed E-state index contributed by atoms with van der Waals surface area (Å²) < 4.78 is 42.3. The molecule has 0 fully saturated rings. The fraction of sp³-hybridized carbons (Fsp3) is 0.263. The maximum absolute atomic E-state index is 13.2. The van der Waals surface area contributed by atoms with Crippen molar-refractivity contribution in [3.8, 4) is 17.6 Å². The van der Waals surface area contributed by atoms with Crippen LogP contribution in [0.15, 0.2) is 41.3 Å². The normalized spacial score (nSPS) is 11.0. The molecule has 2 aromatic rings. The van der Waals surface area contributed by atoms with E-state index in [-0.39, 0.29) is 22.0 Å². The second kappa shape index (κ2) is 9.60. The molecule has 0 saturated carbocycles. The number of hydrogen-bond donors (Lipinski definition) is 0. The summed E-state index contributed by atoms with van der Waals surface area (Å²) in [6.45, 7) is -0.682. The Morgan fingerprint density at radius 2 is 1.72 bits per heavy atom. The number of nitrogens with zero attached hydrogens (tertiary/aromatic N) is 2. The summed E-state index contributed by atoms with van der Waals surface area (Å²) in [5.41, 5.74) is 0.539. The quantitative estimate of drug-likeness (QED) is 0.583. The van der Waals surface area contributed by atoms with Gasteiger partial charge in [0, 0.05) is 12.6 Å². The minimum atomic E-state index is -4.15. The van der Waals surface area contributed by atoms with Crippen LogP contribution >= 0.6 is 11.6 Å². The van der Waals surface area contributed by atoms with Crippen molar-refractivity contribution in [3.63, 3.8) is 0 Å². The molecule has 0 N–H and O–H groups in total. The molecule has 29 heavy (non-hydrogen) atoms. The Morgan fingerprint density at radius 3 is 2.24 bits per heavy atom. The molecule has 0 amide bonds. The maximum atomic E-state index is 13.2. The first-order chi connectivity index (χ1) is 13.7. The molecule has 0 aliphatic carbocycles. The van der Waals surface area contributed by atoms with Crippen LogP contribution in [-0.2, 0) is 26.1 Å². The van der Waals surface area contributed by atoms with Gasteiger partial charge in [-0.2, -0.15) is 9.57 Å². The van der Waals surface area contributed by atoms with E-state index >= 15 is 0 Å². The number of methoxy groups -OCH3 is 3. The summed E-state index contributed by atoms with van der Waals surface area (Å²) in [5.74, 6) is 0.193. The first kappa shape index (κ1) is 22.5. The Morgan fingerprint density at radius 1 is 1.10 bits per heavy atom. The van der Waals surface area contributed by atoms with Gasteiger partial charge in [-0.1, -0.05) is 11.6 Å². The molecular weight excluding hydrogens is 420 g/mol. The van der Waals surface area contributed by atoms with Crippen LogP contribution in [0.5, 0.6) is 11.5 Å². The summed E-state index contributed by atoms with van der Waals surface area (Å²) in [6.07, 6.45) is 0. The van der Waals surface area contributed by atoms with Gasteiger partial charge in [0.25, 0.3) is 0 Å². The number of carbonyl (C=O) groups is 1. The van der Waals surface area contributed by atoms with Gasteiger partial charge in [-0.05, 0) is 35.9 Å². The topological polar surface area (TPSA) is 106 Å². The van der Waals surface area contributed by atoms with Gasteiger partial charge in [-0.3, -0.25) is 4.79 Å². The average Bonchev–Trinajstić information content (AvgIpc) is 2.72. The largest absolute Gasteiger partial charge is 0.497 e. The first-order valence-corrected chi connectivity index (χ1v) is 10.1. The molecule has 8 nitrogen and oxygen atoms in total. The van der Waals surface area contributed by atoms with Gasteiger partial charge >= 0.3 is 5.97 Å². The molecule has 2 aromatic carbocycles. The Bertz CT molecular complexity index is 1030. The van der Waals surface area contributed by atoms with Crippen LogP contribution in [0.25, 0.3) is 0 Å². The molecule has 0 aliphatic heterocycles. The number of halogens is 1. The summed E-state index contributed by atoms with van der Waals surface area (Å²) in [4.78, 5) is 11.7. The summed E-state index contributed by atoms with van der Waals surface area (Å²) in [5, 5.41) is 9.26. The fourth-order valence-corrected chi connectivity index (χ4v) is 4.05. The summed E-state index contributed by atoms with van der Waals surface area (Å²) in [7, 11) is -0.0456. The van der Waals surface area contributed by atoms with Gasteiger partial charge in [-0.25, -0.2) is 8.42 Å². The first-order valence-electron chi connectivity index (χ1n) is 8.23. The molecule has 0 unspecified atom stereocenters. The molecule has 0 aromatic heterocycles. The van der Waals surface area contributed by atoms with E-state index in [1.807, 2.05) is 6.07 Å². The van der Waals surface area contributed by atoms with Crippen LogP contribution in [0.3, 0.4) is 0 Å². The van der Waals surface area contributed by atoms with Crippen LogP contribution in [0, 0.1) is 11.3 Å². The third-order valence-electron chi connectivity index (χ3n) is 4.00.